The molecule has 3 aromatic rings. The van der Waals surface area contributed by atoms with Crippen LogP contribution in [0.2, 0.25) is 0 Å². The summed E-state index contributed by atoms with van der Waals surface area (Å²) in [6.45, 7) is 0. The summed E-state index contributed by atoms with van der Waals surface area (Å²) in [6.07, 6.45) is 7.77. The van der Waals surface area contributed by atoms with E-state index in [9.17, 15) is 4.79 Å². The molecule has 6 nitrogen and oxygen atoms in total. The number of hydrogen-bond donors (Lipinski definition) is 1. The first-order valence-corrected chi connectivity index (χ1v) is 9.31. The van der Waals surface area contributed by atoms with Crippen LogP contribution in [0.1, 0.15) is 48.5 Å². The van der Waals surface area contributed by atoms with Gasteiger partial charge in [0.1, 0.15) is 0 Å². The van der Waals surface area contributed by atoms with Crippen LogP contribution in [0.5, 0.6) is 0 Å². The first-order valence-electron chi connectivity index (χ1n) is 8.33. The predicted molar refractivity (Wildman–Crippen MR) is 93.3 cm³/mol. The Hall–Kier alpha value is -2.15. The van der Waals surface area contributed by atoms with Crippen molar-refractivity contribution in [3.05, 3.63) is 36.0 Å². The van der Waals surface area contributed by atoms with Crippen LogP contribution >= 0.6 is 11.8 Å². The number of nitrogens with one attached hydrogen (secondary N) is 1. The number of carbonyl (C=O) groups excluding carboxylic acids is 1. The van der Waals surface area contributed by atoms with Crippen LogP contribution in [-0.4, -0.2) is 36.7 Å². The predicted octanol–water partition coefficient (Wildman–Crippen LogP) is 3.63. The average Bonchev–Trinajstić information content (AvgIpc) is 3.27. The van der Waals surface area contributed by atoms with Gasteiger partial charge in [-0.3, -0.25) is 4.79 Å². The van der Waals surface area contributed by atoms with Crippen LogP contribution in [0.4, 0.5) is 0 Å². The number of aromatic nitrogens is 5. The summed E-state index contributed by atoms with van der Waals surface area (Å²) in [6, 6.07) is 8.22. The SMILES string of the molecule is O=C(CSc1nnnn1C1CCCCC1)c1c[nH]c2ccccc12. The van der Waals surface area contributed by atoms with Gasteiger partial charge in [0.15, 0.2) is 5.78 Å². The Bertz CT molecular complexity index is 849. The fourth-order valence-corrected chi connectivity index (χ4v) is 4.17. The van der Waals surface area contributed by atoms with Crippen molar-refractivity contribution in [2.24, 2.45) is 0 Å². The number of benzene rings is 1. The lowest BCUT2D eigenvalue weighted by Gasteiger charge is -2.21. The number of thioether (sulfide) groups is 1. The maximum absolute atomic E-state index is 12.6. The standard InChI is InChI=1S/C17H19N5OS/c23-16(14-10-18-15-9-5-4-8-13(14)15)11-24-17-19-20-21-22(17)12-6-2-1-3-7-12/h4-5,8-10,12,18H,1-3,6-7,11H2. The first-order chi connectivity index (χ1) is 11.8. The van der Waals surface area contributed by atoms with Gasteiger partial charge in [-0.25, -0.2) is 4.68 Å². The molecule has 124 valence electrons. The molecule has 7 heteroatoms. The first kappa shape index (κ1) is 15.4. The number of tetrazole rings is 1. The van der Waals surface area contributed by atoms with Crippen molar-refractivity contribution in [3.8, 4) is 0 Å². The van der Waals surface area contributed by atoms with Gasteiger partial charge < -0.3 is 4.98 Å². The van der Waals surface area contributed by atoms with Gasteiger partial charge in [0.2, 0.25) is 5.16 Å². The quantitative estimate of drug-likeness (QED) is 0.566. The highest BCUT2D eigenvalue weighted by Crippen LogP contribution is 2.30. The van der Waals surface area contributed by atoms with Crippen LogP contribution in [-0.2, 0) is 0 Å². The number of aromatic amines is 1. The minimum atomic E-state index is 0.0932. The second-order valence-corrected chi connectivity index (χ2v) is 7.10. The molecule has 0 atom stereocenters. The third kappa shape index (κ3) is 2.96. The van der Waals surface area contributed by atoms with Crippen molar-refractivity contribution in [1.29, 1.82) is 0 Å². The largest absolute Gasteiger partial charge is 0.360 e. The molecule has 0 spiro atoms. The average molecular weight is 341 g/mol. The summed E-state index contributed by atoms with van der Waals surface area (Å²) in [4.78, 5) is 15.7. The maximum atomic E-state index is 12.6. The molecule has 0 bridgehead atoms. The van der Waals surface area contributed by atoms with E-state index in [-0.39, 0.29) is 5.78 Å². The molecule has 1 saturated carbocycles. The van der Waals surface area contributed by atoms with Crippen molar-refractivity contribution < 1.29 is 4.79 Å². The minimum absolute atomic E-state index is 0.0932. The van der Waals surface area contributed by atoms with Gasteiger partial charge in [-0.05, 0) is 29.3 Å². The Morgan fingerprint density at radius 2 is 2.08 bits per heavy atom. The van der Waals surface area contributed by atoms with Crippen molar-refractivity contribution >= 4 is 28.4 Å². The molecule has 0 aliphatic heterocycles. The third-order valence-electron chi connectivity index (χ3n) is 4.61. The summed E-state index contributed by atoms with van der Waals surface area (Å²) in [5, 5.41) is 13.8. The molecule has 1 aliphatic carbocycles. The van der Waals surface area contributed by atoms with Crippen molar-refractivity contribution in [2.75, 3.05) is 5.75 Å². The van der Waals surface area contributed by atoms with E-state index in [1.165, 1.54) is 31.0 Å². The number of H-pyrrole nitrogens is 1. The van der Waals surface area contributed by atoms with E-state index in [2.05, 4.69) is 20.5 Å². The number of rotatable bonds is 5. The molecule has 0 radical (unpaired) electrons. The van der Waals surface area contributed by atoms with E-state index >= 15 is 0 Å². The molecule has 2 heterocycles. The third-order valence-corrected chi connectivity index (χ3v) is 5.54. The summed E-state index contributed by atoms with van der Waals surface area (Å²) in [5.74, 6) is 0.435. The van der Waals surface area contributed by atoms with Crippen LogP contribution in [0, 0.1) is 0 Å². The smallest absolute Gasteiger partial charge is 0.210 e. The van der Waals surface area contributed by atoms with Crippen LogP contribution in [0.3, 0.4) is 0 Å². The number of nitrogens with zero attached hydrogens (tertiary/aromatic N) is 4. The Morgan fingerprint density at radius 3 is 2.96 bits per heavy atom. The van der Waals surface area contributed by atoms with E-state index in [0.717, 1.165) is 34.5 Å². The lowest BCUT2D eigenvalue weighted by atomic mass is 9.96. The van der Waals surface area contributed by atoms with Gasteiger partial charge in [-0.2, -0.15) is 0 Å². The molecule has 0 amide bonds. The Kier molecular flexibility index (Phi) is 4.34. The molecule has 0 unspecified atom stereocenters. The summed E-state index contributed by atoms with van der Waals surface area (Å²) in [7, 11) is 0. The summed E-state index contributed by atoms with van der Waals surface area (Å²) < 4.78 is 1.91. The lowest BCUT2D eigenvalue weighted by molar-refractivity contribution is 0.102. The molecule has 1 fully saturated rings. The lowest BCUT2D eigenvalue weighted by Crippen LogP contribution is -2.15. The molecule has 1 aliphatic rings. The van der Waals surface area contributed by atoms with Gasteiger partial charge in [0, 0.05) is 22.7 Å². The maximum Gasteiger partial charge on any atom is 0.210 e. The van der Waals surface area contributed by atoms with Gasteiger partial charge in [-0.1, -0.05) is 49.2 Å². The number of para-hydroxylation sites is 1. The fourth-order valence-electron chi connectivity index (χ4n) is 3.35. The fraction of sp³-hybridized carbons (Fsp3) is 0.412. The Morgan fingerprint density at radius 1 is 1.25 bits per heavy atom. The van der Waals surface area contributed by atoms with Gasteiger partial charge >= 0.3 is 0 Å². The number of Topliss-reactive ketones (excluding diaryl/α,β-unsaturated/α-hetero) is 1. The van der Waals surface area contributed by atoms with Gasteiger partial charge in [0.25, 0.3) is 0 Å². The normalized spacial score (nSPS) is 15.8. The molecule has 2 aromatic heterocycles. The monoisotopic (exact) mass is 341 g/mol. The highest BCUT2D eigenvalue weighted by Gasteiger charge is 2.21. The van der Waals surface area contributed by atoms with Crippen molar-refractivity contribution in [3.63, 3.8) is 0 Å². The van der Waals surface area contributed by atoms with E-state index < -0.39 is 0 Å². The molecule has 0 saturated heterocycles. The summed E-state index contributed by atoms with van der Waals surface area (Å²) >= 11 is 1.43. The zero-order valence-electron chi connectivity index (χ0n) is 13.3. The topological polar surface area (TPSA) is 76.5 Å². The molecular weight excluding hydrogens is 322 g/mol. The van der Waals surface area contributed by atoms with Crippen molar-refractivity contribution in [1.82, 2.24) is 25.2 Å². The molecule has 24 heavy (non-hydrogen) atoms. The zero-order valence-corrected chi connectivity index (χ0v) is 14.1. The van der Waals surface area contributed by atoms with E-state index in [0.29, 0.717) is 11.8 Å². The number of hydrogen-bond acceptors (Lipinski definition) is 5. The van der Waals surface area contributed by atoms with E-state index in [4.69, 9.17) is 0 Å². The summed E-state index contributed by atoms with van der Waals surface area (Å²) in [5.41, 5.74) is 1.72. The van der Waals surface area contributed by atoms with Crippen molar-refractivity contribution in [2.45, 2.75) is 43.3 Å². The van der Waals surface area contributed by atoms with E-state index in [1.54, 1.807) is 6.20 Å². The molecule has 4 rings (SSSR count). The number of fused-ring (bicyclic) bond motifs is 1. The van der Waals surface area contributed by atoms with Crippen LogP contribution in [0.25, 0.3) is 10.9 Å². The second kappa shape index (κ2) is 6.76. The highest BCUT2D eigenvalue weighted by molar-refractivity contribution is 7.99. The van der Waals surface area contributed by atoms with Gasteiger partial charge in [0.05, 0.1) is 11.8 Å². The van der Waals surface area contributed by atoms with Crippen LogP contribution in [0.15, 0.2) is 35.6 Å². The highest BCUT2D eigenvalue weighted by atomic mass is 32.2. The zero-order chi connectivity index (χ0) is 16.4. The molecule has 1 N–H and O–H groups in total. The van der Waals surface area contributed by atoms with Crippen LogP contribution < -0.4 is 0 Å². The number of carbonyl (C=O) groups is 1. The molecule has 1 aromatic carbocycles. The number of ketones is 1. The second-order valence-electron chi connectivity index (χ2n) is 6.16. The van der Waals surface area contributed by atoms with E-state index in [1.807, 2.05) is 28.9 Å². The Labute approximate surface area is 144 Å². The van der Waals surface area contributed by atoms with Gasteiger partial charge in [-0.15, -0.1) is 5.10 Å². The molecular formula is C17H19N5OS. The Balaban J connectivity index is 1.47. The minimum Gasteiger partial charge on any atom is -0.360 e.